The number of hydrogen-bond donors (Lipinski definition) is 1. The van der Waals surface area contributed by atoms with Crippen LogP contribution < -0.4 is 5.73 Å². The predicted molar refractivity (Wildman–Crippen MR) is 84.8 cm³/mol. The number of halogens is 2. The Hall–Kier alpha value is -1.49. The van der Waals surface area contributed by atoms with Crippen LogP contribution in [-0.2, 0) is 11.2 Å². The molecule has 0 bridgehead atoms. The van der Waals surface area contributed by atoms with E-state index in [0.717, 1.165) is 57.2 Å². The summed E-state index contributed by atoms with van der Waals surface area (Å²) in [5.41, 5.74) is 6.33. The van der Waals surface area contributed by atoms with Crippen molar-refractivity contribution in [3.63, 3.8) is 0 Å². The average molecular weight is 322 g/mol. The number of amides is 1. The van der Waals surface area contributed by atoms with E-state index in [-0.39, 0.29) is 5.91 Å². The molecule has 1 amide bonds. The third kappa shape index (κ3) is 3.55. The topological polar surface area (TPSA) is 46.3 Å². The van der Waals surface area contributed by atoms with Crippen LogP contribution in [0.1, 0.15) is 44.1 Å². The summed E-state index contributed by atoms with van der Waals surface area (Å²) in [6, 6.07) is 4.08. The number of nitrogens with zero attached hydrogens (tertiary/aromatic N) is 1. The molecule has 23 heavy (non-hydrogen) atoms. The molecule has 2 N–H and O–H groups in total. The molecule has 126 valence electrons. The van der Waals surface area contributed by atoms with Gasteiger partial charge in [-0.3, -0.25) is 4.79 Å². The predicted octanol–water partition coefficient (Wildman–Crippen LogP) is 3.02. The van der Waals surface area contributed by atoms with Crippen LogP contribution in [0.5, 0.6) is 0 Å². The number of likely N-dealkylation sites (tertiary alicyclic amines) is 1. The van der Waals surface area contributed by atoms with Gasteiger partial charge in [-0.05, 0) is 68.6 Å². The fourth-order valence-electron chi connectivity index (χ4n) is 3.64. The van der Waals surface area contributed by atoms with Crippen LogP contribution in [0.3, 0.4) is 0 Å². The summed E-state index contributed by atoms with van der Waals surface area (Å²) in [7, 11) is 0. The van der Waals surface area contributed by atoms with E-state index in [1.807, 2.05) is 4.90 Å². The second-order valence-electron chi connectivity index (χ2n) is 7.06. The summed E-state index contributed by atoms with van der Waals surface area (Å²) in [6.07, 6.45) is 6.28. The standard InChI is InChI=1S/C18H24F2N2O/c19-15-7-6-13(11-16(15)20)4-5-14-3-1-10-22(12-14)17(23)18(21)8-2-9-18/h6-7,11,14H,1-5,8-10,12,21H2. The highest BCUT2D eigenvalue weighted by Crippen LogP contribution is 2.33. The molecule has 1 aromatic carbocycles. The molecule has 1 saturated carbocycles. The largest absolute Gasteiger partial charge is 0.341 e. The zero-order valence-electron chi connectivity index (χ0n) is 13.4. The summed E-state index contributed by atoms with van der Waals surface area (Å²) < 4.78 is 26.2. The number of carbonyl (C=O) groups is 1. The lowest BCUT2D eigenvalue weighted by molar-refractivity contribution is -0.142. The Bertz CT molecular complexity index is 586. The number of carbonyl (C=O) groups excluding carboxylic acids is 1. The van der Waals surface area contributed by atoms with Crippen molar-refractivity contribution < 1.29 is 13.6 Å². The van der Waals surface area contributed by atoms with E-state index >= 15 is 0 Å². The van der Waals surface area contributed by atoms with E-state index in [4.69, 9.17) is 5.73 Å². The molecule has 1 aliphatic heterocycles. The minimum Gasteiger partial charge on any atom is -0.341 e. The molecule has 1 heterocycles. The Morgan fingerprint density at radius 3 is 2.70 bits per heavy atom. The van der Waals surface area contributed by atoms with Crippen molar-refractivity contribution in [2.75, 3.05) is 13.1 Å². The fourth-order valence-corrected chi connectivity index (χ4v) is 3.64. The van der Waals surface area contributed by atoms with Crippen molar-refractivity contribution in [1.82, 2.24) is 4.90 Å². The van der Waals surface area contributed by atoms with E-state index in [1.165, 1.54) is 12.1 Å². The van der Waals surface area contributed by atoms with Gasteiger partial charge in [0, 0.05) is 13.1 Å². The first kappa shape index (κ1) is 16.4. The van der Waals surface area contributed by atoms with E-state index in [0.29, 0.717) is 12.3 Å². The first-order chi connectivity index (χ1) is 11.0. The number of nitrogens with two attached hydrogens (primary N) is 1. The quantitative estimate of drug-likeness (QED) is 0.926. The van der Waals surface area contributed by atoms with Crippen LogP contribution in [0.25, 0.3) is 0 Å². The Balaban J connectivity index is 1.54. The third-order valence-electron chi connectivity index (χ3n) is 5.30. The molecule has 1 aromatic rings. The molecule has 0 radical (unpaired) electrons. The normalized spacial score (nSPS) is 23.4. The Labute approximate surface area is 135 Å². The average Bonchev–Trinajstić information content (AvgIpc) is 2.53. The van der Waals surface area contributed by atoms with Crippen LogP contribution in [0.2, 0.25) is 0 Å². The van der Waals surface area contributed by atoms with Crippen LogP contribution >= 0.6 is 0 Å². The molecule has 2 fully saturated rings. The highest BCUT2D eigenvalue weighted by Gasteiger charge is 2.43. The lowest BCUT2D eigenvalue weighted by Gasteiger charge is -2.43. The van der Waals surface area contributed by atoms with Gasteiger partial charge in [0.15, 0.2) is 11.6 Å². The molecule has 3 rings (SSSR count). The molecule has 1 saturated heterocycles. The number of hydrogen-bond acceptors (Lipinski definition) is 2. The second-order valence-corrected chi connectivity index (χ2v) is 7.06. The highest BCUT2D eigenvalue weighted by molar-refractivity contribution is 5.87. The van der Waals surface area contributed by atoms with Gasteiger partial charge in [0.1, 0.15) is 0 Å². The molecule has 2 aliphatic rings. The summed E-state index contributed by atoms with van der Waals surface area (Å²) >= 11 is 0. The summed E-state index contributed by atoms with van der Waals surface area (Å²) in [6.45, 7) is 1.53. The zero-order chi connectivity index (χ0) is 16.4. The molecule has 1 atom stereocenters. The zero-order valence-corrected chi connectivity index (χ0v) is 13.4. The van der Waals surface area contributed by atoms with Crippen LogP contribution in [0.4, 0.5) is 8.78 Å². The van der Waals surface area contributed by atoms with Gasteiger partial charge in [0.05, 0.1) is 5.54 Å². The fraction of sp³-hybridized carbons (Fsp3) is 0.611. The number of piperidine rings is 1. The van der Waals surface area contributed by atoms with Crippen LogP contribution in [0.15, 0.2) is 18.2 Å². The van der Waals surface area contributed by atoms with Gasteiger partial charge in [0.25, 0.3) is 0 Å². The summed E-state index contributed by atoms with van der Waals surface area (Å²) in [4.78, 5) is 14.4. The van der Waals surface area contributed by atoms with Crippen molar-refractivity contribution in [2.45, 2.75) is 50.5 Å². The minimum absolute atomic E-state index is 0.0984. The number of aryl methyl sites for hydroxylation is 1. The lowest BCUT2D eigenvalue weighted by Crippen LogP contribution is -2.60. The molecular formula is C18H24F2N2O. The van der Waals surface area contributed by atoms with Gasteiger partial charge in [-0.2, -0.15) is 0 Å². The van der Waals surface area contributed by atoms with E-state index < -0.39 is 17.2 Å². The van der Waals surface area contributed by atoms with Gasteiger partial charge in [-0.25, -0.2) is 8.78 Å². The van der Waals surface area contributed by atoms with Crippen molar-refractivity contribution in [3.8, 4) is 0 Å². The van der Waals surface area contributed by atoms with Gasteiger partial charge < -0.3 is 10.6 Å². The van der Waals surface area contributed by atoms with Crippen molar-refractivity contribution in [2.24, 2.45) is 11.7 Å². The van der Waals surface area contributed by atoms with Crippen LogP contribution in [0, 0.1) is 17.6 Å². The maximum absolute atomic E-state index is 13.2. The van der Waals surface area contributed by atoms with Gasteiger partial charge >= 0.3 is 0 Å². The Morgan fingerprint density at radius 2 is 2.04 bits per heavy atom. The Kier molecular flexibility index (Phi) is 4.67. The molecule has 1 unspecified atom stereocenters. The smallest absolute Gasteiger partial charge is 0.242 e. The molecule has 0 aromatic heterocycles. The molecule has 1 aliphatic carbocycles. The molecule has 0 spiro atoms. The first-order valence-corrected chi connectivity index (χ1v) is 8.50. The summed E-state index contributed by atoms with van der Waals surface area (Å²) in [5.74, 6) is -1.10. The Morgan fingerprint density at radius 1 is 1.26 bits per heavy atom. The number of rotatable bonds is 4. The maximum atomic E-state index is 13.2. The summed E-state index contributed by atoms with van der Waals surface area (Å²) in [5, 5.41) is 0. The number of benzene rings is 1. The molecule has 5 heteroatoms. The van der Waals surface area contributed by atoms with Crippen molar-refractivity contribution >= 4 is 5.91 Å². The van der Waals surface area contributed by atoms with Crippen LogP contribution in [-0.4, -0.2) is 29.4 Å². The maximum Gasteiger partial charge on any atom is 0.242 e. The molecular weight excluding hydrogens is 298 g/mol. The molecule has 3 nitrogen and oxygen atoms in total. The van der Waals surface area contributed by atoms with Crippen molar-refractivity contribution in [3.05, 3.63) is 35.4 Å². The van der Waals surface area contributed by atoms with Gasteiger partial charge in [-0.1, -0.05) is 6.07 Å². The monoisotopic (exact) mass is 322 g/mol. The van der Waals surface area contributed by atoms with Gasteiger partial charge in [0.2, 0.25) is 5.91 Å². The lowest BCUT2D eigenvalue weighted by atomic mass is 9.76. The minimum atomic E-state index is -0.808. The highest BCUT2D eigenvalue weighted by atomic mass is 19.2. The van der Waals surface area contributed by atoms with Gasteiger partial charge in [-0.15, -0.1) is 0 Å². The first-order valence-electron chi connectivity index (χ1n) is 8.50. The SMILES string of the molecule is NC1(C(=O)N2CCCC(CCc3ccc(F)c(F)c3)C2)CCC1. The van der Waals surface area contributed by atoms with E-state index in [1.54, 1.807) is 6.07 Å². The van der Waals surface area contributed by atoms with E-state index in [2.05, 4.69) is 0 Å². The second kappa shape index (κ2) is 6.56. The van der Waals surface area contributed by atoms with Crippen molar-refractivity contribution in [1.29, 1.82) is 0 Å². The van der Waals surface area contributed by atoms with E-state index in [9.17, 15) is 13.6 Å². The third-order valence-corrected chi connectivity index (χ3v) is 5.30.